The van der Waals surface area contributed by atoms with Gasteiger partial charge in [-0.15, -0.1) is 0 Å². The minimum atomic E-state index is 0.229. The van der Waals surface area contributed by atoms with Crippen molar-refractivity contribution in [3.05, 3.63) is 46.1 Å². The highest BCUT2D eigenvalue weighted by molar-refractivity contribution is 6.36. The predicted molar refractivity (Wildman–Crippen MR) is 73.4 cm³/mol. The van der Waals surface area contributed by atoms with Gasteiger partial charge in [-0.25, -0.2) is 0 Å². The van der Waals surface area contributed by atoms with Crippen LogP contribution in [0.3, 0.4) is 0 Å². The van der Waals surface area contributed by atoms with Crippen molar-refractivity contribution in [3.8, 4) is 17.3 Å². The number of nitrogens with two attached hydrogens (primary N) is 1. The molecule has 1 aromatic heterocycles. The zero-order valence-electron chi connectivity index (χ0n) is 9.32. The lowest BCUT2D eigenvalue weighted by Gasteiger charge is -2.09. The zero-order valence-corrected chi connectivity index (χ0v) is 10.8. The van der Waals surface area contributed by atoms with Crippen LogP contribution in [0.1, 0.15) is 5.56 Å². The van der Waals surface area contributed by atoms with Gasteiger partial charge in [0.1, 0.15) is 0 Å². The molecule has 0 radical (unpaired) electrons. The molecule has 2 aromatic rings. The Kier molecular flexibility index (Phi) is 3.71. The first-order valence-electron chi connectivity index (χ1n) is 5.18. The van der Waals surface area contributed by atoms with Crippen molar-refractivity contribution in [1.82, 2.24) is 4.98 Å². The van der Waals surface area contributed by atoms with Crippen LogP contribution in [0.15, 0.2) is 30.5 Å². The summed E-state index contributed by atoms with van der Waals surface area (Å²) < 4.78 is 0. The molecule has 1 aromatic carbocycles. The molecule has 5 heteroatoms. The molecule has 0 atom stereocenters. The van der Waals surface area contributed by atoms with Gasteiger partial charge in [-0.2, -0.15) is 5.26 Å². The molecule has 0 aliphatic rings. The van der Waals surface area contributed by atoms with Gasteiger partial charge in [-0.05, 0) is 29.8 Å². The van der Waals surface area contributed by atoms with Gasteiger partial charge >= 0.3 is 0 Å². The summed E-state index contributed by atoms with van der Waals surface area (Å²) in [6.45, 7) is 0. The largest absolute Gasteiger partial charge is 0.397 e. The van der Waals surface area contributed by atoms with E-state index in [2.05, 4.69) is 11.1 Å². The quantitative estimate of drug-likeness (QED) is 0.910. The maximum Gasteiger partial charge on any atom is 0.0761 e. The SMILES string of the molecule is N#CCc1cc(N)cnc1-c1ccc(Cl)cc1Cl. The molecule has 2 rings (SSSR count). The Morgan fingerprint density at radius 3 is 2.72 bits per heavy atom. The average Bonchev–Trinajstić information content (AvgIpc) is 2.31. The Morgan fingerprint density at radius 2 is 2.06 bits per heavy atom. The van der Waals surface area contributed by atoms with Crippen molar-refractivity contribution in [2.45, 2.75) is 6.42 Å². The Hall–Kier alpha value is -1.76. The molecule has 0 fully saturated rings. The van der Waals surface area contributed by atoms with Crippen LogP contribution in [-0.4, -0.2) is 4.98 Å². The molecule has 0 bridgehead atoms. The van der Waals surface area contributed by atoms with Gasteiger partial charge in [0.05, 0.1) is 35.1 Å². The van der Waals surface area contributed by atoms with Crippen molar-refractivity contribution < 1.29 is 0 Å². The van der Waals surface area contributed by atoms with E-state index in [1.807, 2.05) is 0 Å². The summed E-state index contributed by atoms with van der Waals surface area (Å²) in [5.74, 6) is 0. The van der Waals surface area contributed by atoms with Crippen molar-refractivity contribution in [2.75, 3.05) is 5.73 Å². The van der Waals surface area contributed by atoms with E-state index < -0.39 is 0 Å². The van der Waals surface area contributed by atoms with Crippen molar-refractivity contribution in [1.29, 1.82) is 5.26 Å². The molecule has 0 amide bonds. The first-order valence-corrected chi connectivity index (χ1v) is 5.94. The third-order valence-electron chi connectivity index (χ3n) is 2.44. The topological polar surface area (TPSA) is 62.7 Å². The van der Waals surface area contributed by atoms with Gasteiger partial charge < -0.3 is 5.73 Å². The van der Waals surface area contributed by atoms with E-state index in [4.69, 9.17) is 34.2 Å². The molecule has 0 unspecified atom stereocenters. The summed E-state index contributed by atoms with van der Waals surface area (Å²) in [5.41, 5.74) is 8.35. The number of nitrogens with zero attached hydrogens (tertiary/aromatic N) is 2. The molecule has 18 heavy (non-hydrogen) atoms. The number of hydrogen-bond donors (Lipinski definition) is 1. The Bertz CT molecular complexity index is 633. The first kappa shape index (κ1) is 12.7. The fourth-order valence-electron chi connectivity index (χ4n) is 1.67. The van der Waals surface area contributed by atoms with Gasteiger partial charge in [0.2, 0.25) is 0 Å². The molecular formula is C13H9Cl2N3. The third kappa shape index (κ3) is 2.56. The van der Waals surface area contributed by atoms with Gasteiger partial charge in [0.15, 0.2) is 0 Å². The fraction of sp³-hybridized carbons (Fsp3) is 0.0769. The van der Waals surface area contributed by atoms with Crippen LogP contribution in [0, 0.1) is 11.3 Å². The lowest BCUT2D eigenvalue weighted by Crippen LogP contribution is -1.96. The smallest absolute Gasteiger partial charge is 0.0761 e. The van der Waals surface area contributed by atoms with Crippen molar-refractivity contribution in [2.24, 2.45) is 0 Å². The lowest BCUT2D eigenvalue weighted by atomic mass is 10.0. The number of nitrogen functional groups attached to an aromatic ring is 1. The summed E-state index contributed by atoms with van der Waals surface area (Å²) in [4.78, 5) is 4.25. The van der Waals surface area contributed by atoms with Gasteiger partial charge in [-0.1, -0.05) is 23.2 Å². The number of rotatable bonds is 2. The molecule has 0 saturated heterocycles. The van der Waals surface area contributed by atoms with E-state index in [0.29, 0.717) is 21.4 Å². The van der Waals surface area contributed by atoms with E-state index >= 15 is 0 Å². The van der Waals surface area contributed by atoms with Crippen LogP contribution < -0.4 is 5.73 Å². The first-order chi connectivity index (χ1) is 8.61. The monoisotopic (exact) mass is 277 g/mol. The van der Waals surface area contributed by atoms with Crippen LogP contribution in [-0.2, 0) is 6.42 Å². The van der Waals surface area contributed by atoms with E-state index in [9.17, 15) is 0 Å². The average molecular weight is 278 g/mol. The maximum atomic E-state index is 8.82. The van der Waals surface area contributed by atoms with Gasteiger partial charge in [-0.3, -0.25) is 4.98 Å². The van der Waals surface area contributed by atoms with Gasteiger partial charge in [0, 0.05) is 10.6 Å². The highest BCUT2D eigenvalue weighted by Crippen LogP contribution is 2.31. The second kappa shape index (κ2) is 5.26. The number of pyridine rings is 1. The lowest BCUT2D eigenvalue weighted by molar-refractivity contribution is 1.20. The van der Waals surface area contributed by atoms with Crippen molar-refractivity contribution in [3.63, 3.8) is 0 Å². The minimum absolute atomic E-state index is 0.229. The highest BCUT2D eigenvalue weighted by Gasteiger charge is 2.11. The third-order valence-corrected chi connectivity index (χ3v) is 2.99. The molecule has 90 valence electrons. The molecule has 2 N–H and O–H groups in total. The molecule has 0 spiro atoms. The van der Waals surface area contributed by atoms with Crippen LogP contribution in [0.5, 0.6) is 0 Å². The molecule has 0 saturated carbocycles. The standard InChI is InChI=1S/C13H9Cl2N3/c14-9-1-2-11(12(15)6-9)13-8(3-4-16)5-10(17)7-18-13/h1-2,5-7H,3,17H2. The Morgan fingerprint density at radius 1 is 1.28 bits per heavy atom. The molecule has 3 nitrogen and oxygen atoms in total. The summed E-state index contributed by atoms with van der Waals surface area (Å²) in [7, 11) is 0. The number of aromatic nitrogens is 1. The molecular weight excluding hydrogens is 269 g/mol. The number of benzene rings is 1. The summed E-state index contributed by atoms with van der Waals surface area (Å²) in [6.07, 6.45) is 1.77. The van der Waals surface area contributed by atoms with Crippen LogP contribution in [0.4, 0.5) is 5.69 Å². The number of hydrogen-bond acceptors (Lipinski definition) is 3. The number of anilines is 1. The zero-order chi connectivity index (χ0) is 13.1. The molecule has 0 aliphatic heterocycles. The van der Waals surface area contributed by atoms with Gasteiger partial charge in [0.25, 0.3) is 0 Å². The minimum Gasteiger partial charge on any atom is -0.397 e. The number of halogens is 2. The van der Waals surface area contributed by atoms with E-state index in [-0.39, 0.29) is 6.42 Å². The predicted octanol–water partition coefficient (Wildman–Crippen LogP) is 3.70. The molecule has 0 aliphatic carbocycles. The van der Waals surface area contributed by atoms with Crippen LogP contribution >= 0.6 is 23.2 Å². The molecule has 1 heterocycles. The summed E-state index contributed by atoms with van der Waals surface area (Å²) >= 11 is 12.0. The van der Waals surface area contributed by atoms with E-state index in [1.165, 1.54) is 0 Å². The normalized spacial score (nSPS) is 10.1. The summed E-state index contributed by atoms with van der Waals surface area (Å²) in [5, 5.41) is 9.88. The highest BCUT2D eigenvalue weighted by atomic mass is 35.5. The fourth-order valence-corrected chi connectivity index (χ4v) is 2.17. The van der Waals surface area contributed by atoms with E-state index in [1.54, 1.807) is 30.5 Å². The number of nitriles is 1. The Balaban J connectivity index is 2.60. The second-order valence-electron chi connectivity index (χ2n) is 3.74. The second-order valence-corrected chi connectivity index (χ2v) is 4.58. The van der Waals surface area contributed by atoms with Crippen LogP contribution in [0.2, 0.25) is 10.0 Å². The van der Waals surface area contributed by atoms with Crippen LogP contribution in [0.25, 0.3) is 11.3 Å². The Labute approximate surface area is 115 Å². The maximum absolute atomic E-state index is 8.82. The van der Waals surface area contributed by atoms with Crippen molar-refractivity contribution >= 4 is 28.9 Å². The summed E-state index contributed by atoms with van der Waals surface area (Å²) in [6, 6.07) is 8.98. The van der Waals surface area contributed by atoms with E-state index in [0.717, 1.165) is 11.1 Å².